The van der Waals surface area contributed by atoms with Gasteiger partial charge in [0.2, 0.25) is 0 Å². The molecular weight excluding hydrogens is 391 g/mol. The Morgan fingerprint density at radius 3 is 2.57 bits per heavy atom. The van der Waals surface area contributed by atoms with E-state index < -0.39 is 6.11 Å². The maximum Gasteiger partial charge on any atom is 0.394 e. The molecule has 2 rings (SSSR count). The molecule has 6 heteroatoms. The van der Waals surface area contributed by atoms with Gasteiger partial charge in [0.25, 0.3) is 5.91 Å². The molecule has 0 aliphatic heterocycles. The molecule has 0 heterocycles. The van der Waals surface area contributed by atoms with Gasteiger partial charge >= 0.3 is 6.11 Å². The quantitative estimate of drug-likeness (QED) is 0.762. The minimum absolute atomic E-state index is 0.0112. The monoisotopic (exact) mass is 403 g/mol. The number of carbonyl (C=O) groups is 1. The Kier molecular flexibility index (Phi) is 4.76. The normalized spacial score (nSPS) is 11.0. The summed E-state index contributed by atoms with van der Waals surface area (Å²) in [6, 6.07) is 12.9. The first-order chi connectivity index (χ1) is 9.83. The smallest absolute Gasteiger partial charge is 0.394 e. The van der Waals surface area contributed by atoms with E-state index in [0.717, 1.165) is 3.57 Å². The highest BCUT2D eigenvalue weighted by molar-refractivity contribution is 14.1. The van der Waals surface area contributed by atoms with Gasteiger partial charge in [0.05, 0.1) is 0 Å². The zero-order valence-electron chi connectivity index (χ0n) is 11.1. The van der Waals surface area contributed by atoms with Crippen molar-refractivity contribution in [3.8, 4) is 5.75 Å². The lowest BCUT2D eigenvalue weighted by Crippen LogP contribution is -2.19. The Labute approximate surface area is 134 Å². The summed E-state index contributed by atoms with van der Waals surface area (Å²) in [5.41, 5.74) is 0.884. The van der Waals surface area contributed by atoms with Gasteiger partial charge in [0.1, 0.15) is 5.75 Å². The van der Waals surface area contributed by atoms with Gasteiger partial charge in [-0.2, -0.15) is 8.78 Å². The van der Waals surface area contributed by atoms with Gasteiger partial charge in [-0.05, 0) is 52.9 Å². The number of benzene rings is 2. The number of rotatable bonds is 4. The Morgan fingerprint density at radius 1 is 1.19 bits per heavy atom. The van der Waals surface area contributed by atoms with Crippen LogP contribution in [0.5, 0.6) is 5.75 Å². The maximum absolute atomic E-state index is 12.8. The molecule has 2 aromatic carbocycles. The first kappa shape index (κ1) is 15.7. The van der Waals surface area contributed by atoms with Crippen molar-refractivity contribution in [1.82, 2.24) is 0 Å². The van der Waals surface area contributed by atoms with Crippen LogP contribution in [0, 0.1) is 3.57 Å². The fourth-order valence-electron chi connectivity index (χ4n) is 1.68. The van der Waals surface area contributed by atoms with E-state index in [1.54, 1.807) is 24.3 Å². The first-order valence-corrected chi connectivity index (χ1v) is 7.15. The lowest BCUT2D eigenvalue weighted by molar-refractivity contribution is -0.158. The lowest BCUT2D eigenvalue weighted by Gasteiger charge is -2.14. The second-order valence-corrected chi connectivity index (χ2v) is 5.65. The van der Waals surface area contributed by atoms with E-state index in [0.29, 0.717) is 18.2 Å². The van der Waals surface area contributed by atoms with E-state index >= 15 is 0 Å². The molecule has 0 unspecified atom stereocenters. The molecule has 0 fully saturated rings. The highest BCUT2D eigenvalue weighted by Gasteiger charge is 2.23. The summed E-state index contributed by atoms with van der Waals surface area (Å²) in [5.74, 6) is -0.322. The topological polar surface area (TPSA) is 38.3 Å². The minimum Gasteiger partial charge on any atom is -0.433 e. The van der Waals surface area contributed by atoms with Crippen LogP contribution in [0.1, 0.15) is 17.3 Å². The number of anilines is 1. The van der Waals surface area contributed by atoms with Crippen molar-refractivity contribution in [2.75, 3.05) is 5.32 Å². The zero-order chi connectivity index (χ0) is 15.5. The van der Waals surface area contributed by atoms with Crippen molar-refractivity contribution in [3.63, 3.8) is 0 Å². The number of ether oxygens (including phenoxy) is 1. The van der Waals surface area contributed by atoms with Crippen LogP contribution in [-0.2, 0) is 0 Å². The van der Waals surface area contributed by atoms with Gasteiger partial charge in [-0.1, -0.05) is 12.1 Å². The standard InChI is InChI=1S/C15H12F2INO2/c1-15(16,17)21-13-7-3-6-12(9-13)19-14(20)10-4-2-5-11(18)8-10/h2-9H,1H3,(H,19,20). The van der Waals surface area contributed by atoms with Crippen LogP contribution < -0.4 is 10.1 Å². The predicted octanol–water partition coefficient (Wildman–Crippen LogP) is 4.54. The Bertz CT molecular complexity index is 656. The van der Waals surface area contributed by atoms with Gasteiger partial charge in [-0.3, -0.25) is 4.79 Å². The second kappa shape index (κ2) is 6.38. The van der Waals surface area contributed by atoms with Crippen molar-refractivity contribution in [1.29, 1.82) is 0 Å². The summed E-state index contributed by atoms with van der Waals surface area (Å²) in [6.45, 7) is 0.657. The van der Waals surface area contributed by atoms with Crippen LogP contribution in [0.2, 0.25) is 0 Å². The van der Waals surface area contributed by atoms with E-state index in [1.165, 1.54) is 18.2 Å². The molecule has 0 aliphatic carbocycles. The summed E-state index contributed by atoms with van der Waals surface area (Å²) >= 11 is 2.11. The number of amides is 1. The third-order valence-corrected chi connectivity index (χ3v) is 3.15. The van der Waals surface area contributed by atoms with Gasteiger partial charge in [-0.15, -0.1) is 0 Å². The average Bonchev–Trinajstić information content (AvgIpc) is 2.37. The van der Waals surface area contributed by atoms with E-state index in [-0.39, 0.29) is 11.7 Å². The highest BCUT2D eigenvalue weighted by Crippen LogP contribution is 2.24. The number of hydrogen-bond donors (Lipinski definition) is 1. The van der Waals surface area contributed by atoms with Crippen molar-refractivity contribution < 1.29 is 18.3 Å². The SMILES string of the molecule is CC(F)(F)Oc1cccc(NC(=O)c2cccc(I)c2)c1. The summed E-state index contributed by atoms with van der Waals surface area (Å²) in [4.78, 5) is 12.1. The van der Waals surface area contributed by atoms with Crippen LogP contribution in [0.4, 0.5) is 14.5 Å². The average molecular weight is 403 g/mol. The number of nitrogens with one attached hydrogen (secondary N) is 1. The van der Waals surface area contributed by atoms with Gasteiger partial charge in [-0.25, -0.2) is 0 Å². The summed E-state index contributed by atoms with van der Waals surface area (Å²) in [6.07, 6.45) is -3.27. The molecule has 1 amide bonds. The van der Waals surface area contributed by atoms with Crippen LogP contribution in [0.25, 0.3) is 0 Å². The largest absolute Gasteiger partial charge is 0.433 e. The lowest BCUT2D eigenvalue weighted by atomic mass is 10.2. The summed E-state index contributed by atoms with van der Waals surface area (Å²) in [5, 5.41) is 2.64. The summed E-state index contributed by atoms with van der Waals surface area (Å²) < 4.78 is 31.0. The Balaban J connectivity index is 2.13. The zero-order valence-corrected chi connectivity index (χ0v) is 13.2. The third-order valence-electron chi connectivity index (χ3n) is 2.48. The number of halogens is 3. The molecular formula is C15H12F2INO2. The van der Waals surface area contributed by atoms with E-state index in [2.05, 4.69) is 32.6 Å². The van der Waals surface area contributed by atoms with E-state index in [9.17, 15) is 13.6 Å². The Morgan fingerprint density at radius 2 is 1.90 bits per heavy atom. The van der Waals surface area contributed by atoms with E-state index in [1.807, 2.05) is 6.07 Å². The van der Waals surface area contributed by atoms with Crippen molar-refractivity contribution in [2.24, 2.45) is 0 Å². The number of hydrogen-bond acceptors (Lipinski definition) is 2. The molecule has 0 atom stereocenters. The van der Waals surface area contributed by atoms with Gasteiger partial charge < -0.3 is 10.1 Å². The fraction of sp³-hybridized carbons (Fsp3) is 0.133. The van der Waals surface area contributed by atoms with E-state index in [4.69, 9.17) is 0 Å². The van der Waals surface area contributed by atoms with Gasteiger partial charge in [0.15, 0.2) is 0 Å². The van der Waals surface area contributed by atoms with Crippen LogP contribution in [0.15, 0.2) is 48.5 Å². The first-order valence-electron chi connectivity index (χ1n) is 6.07. The molecule has 0 bridgehead atoms. The summed E-state index contributed by atoms with van der Waals surface area (Å²) in [7, 11) is 0. The molecule has 21 heavy (non-hydrogen) atoms. The molecule has 0 aliphatic rings. The molecule has 2 aromatic rings. The van der Waals surface area contributed by atoms with Crippen LogP contribution in [0.3, 0.4) is 0 Å². The molecule has 0 saturated heterocycles. The fourth-order valence-corrected chi connectivity index (χ4v) is 2.22. The van der Waals surface area contributed by atoms with Crippen LogP contribution in [-0.4, -0.2) is 12.0 Å². The molecule has 110 valence electrons. The maximum atomic E-state index is 12.8. The molecule has 1 N–H and O–H groups in total. The highest BCUT2D eigenvalue weighted by atomic mass is 127. The van der Waals surface area contributed by atoms with Crippen molar-refractivity contribution in [2.45, 2.75) is 13.0 Å². The Hall–Kier alpha value is -1.70. The second-order valence-electron chi connectivity index (χ2n) is 4.40. The molecule has 0 aromatic heterocycles. The van der Waals surface area contributed by atoms with Crippen LogP contribution >= 0.6 is 22.6 Å². The minimum atomic E-state index is -3.27. The van der Waals surface area contributed by atoms with Crippen molar-refractivity contribution in [3.05, 3.63) is 57.7 Å². The number of alkyl halides is 2. The third kappa shape index (κ3) is 4.96. The number of carbonyl (C=O) groups excluding carboxylic acids is 1. The van der Waals surface area contributed by atoms with Crippen molar-refractivity contribution >= 4 is 34.2 Å². The molecule has 0 saturated carbocycles. The molecule has 0 spiro atoms. The molecule has 0 radical (unpaired) electrons. The van der Waals surface area contributed by atoms with Gasteiger partial charge in [0, 0.05) is 27.8 Å². The molecule has 3 nitrogen and oxygen atoms in total. The predicted molar refractivity (Wildman–Crippen MR) is 84.8 cm³/mol.